The summed E-state index contributed by atoms with van der Waals surface area (Å²) in [7, 11) is 0. The highest BCUT2D eigenvalue weighted by atomic mass is 19.2. The second-order valence-electron chi connectivity index (χ2n) is 3.91. The second-order valence-corrected chi connectivity index (χ2v) is 3.91. The van der Waals surface area contributed by atoms with Crippen molar-refractivity contribution in [2.24, 2.45) is 0 Å². The maximum absolute atomic E-state index is 13.0. The van der Waals surface area contributed by atoms with Crippen LogP contribution in [0.5, 0.6) is 0 Å². The number of nitrogens with one attached hydrogen (secondary N) is 1. The molecule has 0 radical (unpaired) electrons. The summed E-state index contributed by atoms with van der Waals surface area (Å²) in [5.74, 6) is -1.82. The van der Waals surface area contributed by atoms with E-state index in [-0.39, 0.29) is 0 Å². The number of halogens is 2. The van der Waals surface area contributed by atoms with E-state index in [1.807, 2.05) is 13.0 Å². The summed E-state index contributed by atoms with van der Waals surface area (Å²) < 4.78 is 25.8. The molecule has 0 spiro atoms. The highest BCUT2D eigenvalue weighted by molar-refractivity contribution is 5.67. The summed E-state index contributed by atoms with van der Waals surface area (Å²) in [5.41, 5.74) is 2.38. The van der Waals surface area contributed by atoms with Gasteiger partial charge in [0.2, 0.25) is 0 Å². The molecule has 2 aromatic carbocycles. The molecule has 0 amide bonds. The second kappa shape index (κ2) is 4.84. The minimum Gasteiger partial charge on any atom is -0.354 e. The lowest BCUT2D eigenvalue weighted by Gasteiger charge is -2.09. The van der Waals surface area contributed by atoms with Crippen LogP contribution in [0.25, 0.3) is 0 Å². The largest absolute Gasteiger partial charge is 0.354 e. The highest BCUT2D eigenvalue weighted by Gasteiger charge is 2.05. The van der Waals surface area contributed by atoms with Crippen molar-refractivity contribution < 1.29 is 8.78 Å². The molecule has 0 saturated carbocycles. The van der Waals surface area contributed by atoms with Crippen molar-refractivity contribution in [3.05, 3.63) is 59.2 Å². The van der Waals surface area contributed by atoms with Gasteiger partial charge in [0.05, 0.1) is 11.3 Å². The summed E-state index contributed by atoms with van der Waals surface area (Å²) in [6.07, 6.45) is 0. The molecule has 90 valence electrons. The predicted octanol–water partition coefficient (Wildman–Crippen LogP) is 3.89. The summed E-state index contributed by atoms with van der Waals surface area (Å²) >= 11 is 0. The van der Waals surface area contributed by atoms with E-state index in [4.69, 9.17) is 5.26 Å². The molecule has 0 heterocycles. The zero-order valence-electron chi connectivity index (χ0n) is 9.67. The van der Waals surface area contributed by atoms with Crippen LogP contribution in [0.4, 0.5) is 20.2 Å². The van der Waals surface area contributed by atoms with Crippen LogP contribution in [0.15, 0.2) is 36.4 Å². The van der Waals surface area contributed by atoms with Gasteiger partial charge in [0.1, 0.15) is 6.07 Å². The molecule has 0 bridgehead atoms. The van der Waals surface area contributed by atoms with Crippen molar-refractivity contribution in [2.45, 2.75) is 6.92 Å². The molecule has 2 rings (SSSR count). The fourth-order valence-electron chi connectivity index (χ4n) is 1.59. The Bertz CT molecular complexity index is 630. The summed E-state index contributed by atoms with van der Waals surface area (Å²) in [4.78, 5) is 0. The monoisotopic (exact) mass is 244 g/mol. The molecule has 2 nitrogen and oxygen atoms in total. The molecule has 0 aromatic heterocycles. The van der Waals surface area contributed by atoms with Gasteiger partial charge in [-0.05, 0) is 36.8 Å². The third kappa shape index (κ3) is 2.46. The van der Waals surface area contributed by atoms with Gasteiger partial charge in [0.25, 0.3) is 0 Å². The number of nitriles is 1. The Morgan fingerprint density at radius 1 is 1.06 bits per heavy atom. The van der Waals surface area contributed by atoms with Crippen molar-refractivity contribution in [3.63, 3.8) is 0 Å². The minimum atomic E-state index is -0.925. The molecular formula is C14H10F2N2. The van der Waals surface area contributed by atoms with E-state index in [2.05, 4.69) is 11.4 Å². The first-order chi connectivity index (χ1) is 8.60. The number of anilines is 2. The average molecular weight is 244 g/mol. The fraction of sp³-hybridized carbons (Fsp3) is 0.0714. The van der Waals surface area contributed by atoms with Crippen LogP contribution in [-0.4, -0.2) is 0 Å². The molecule has 0 unspecified atom stereocenters. The Morgan fingerprint density at radius 2 is 1.83 bits per heavy atom. The quantitative estimate of drug-likeness (QED) is 0.869. The van der Waals surface area contributed by atoms with E-state index in [1.165, 1.54) is 6.07 Å². The maximum atomic E-state index is 13.0. The normalized spacial score (nSPS) is 9.89. The zero-order chi connectivity index (χ0) is 13.1. The minimum absolute atomic E-state index is 0.397. The smallest absolute Gasteiger partial charge is 0.160 e. The lowest BCUT2D eigenvalue weighted by Crippen LogP contribution is -1.95. The molecular weight excluding hydrogens is 234 g/mol. The van der Waals surface area contributed by atoms with E-state index in [9.17, 15) is 8.78 Å². The lowest BCUT2D eigenvalue weighted by atomic mass is 10.1. The predicted molar refractivity (Wildman–Crippen MR) is 65.5 cm³/mol. The van der Waals surface area contributed by atoms with Crippen LogP contribution in [0, 0.1) is 29.9 Å². The number of benzene rings is 2. The van der Waals surface area contributed by atoms with Gasteiger partial charge in [-0.25, -0.2) is 8.78 Å². The SMILES string of the molecule is Cc1ccc(Nc2ccc(F)c(F)c2)c(C#N)c1. The standard InChI is InChI=1S/C14H10F2N2/c1-9-2-5-14(10(6-9)8-17)18-11-3-4-12(15)13(16)7-11/h2-7,18H,1H3. The van der Waals surface area contributed by atoms with Gasteiger partial charge in [-0.15, -0.1) is 0 Å². The van der Waals surface area contributed by atoms with E-state index in [0.29, 0.717) is 16.9 Å². The molecule has 0 saturated heterocycles. The van der Waals surface area contributed by atoms with Gasteiger partial charge in [0.15, 0.2) is 11.6 Å². The van der Waals surface area contributed by atoms with Crippen LogP contribution in [0.3, 0.4) is 0 Å². The molecule has 0 aliphatic heterocycles. The molecule has 0 aliphatic rings. The Hall–Kier alpha value is -2.41. The highest BCUT2D eigenvalue weighted by Crippen LogP contribution is 2.22. The third-order valence-corrected chi connectivity index (χ3v) is 2.49. The molecule has 4 heteroatoms. The number of hydrogen-bond acceptors (Lipinski definition) is 2. The van der Waals surface area contributed by atoms with Crippen molar-refractivity contribution in [1.82, 2.24) is 0 Å². The van der Waals surface area contributed by atoms with Crippen molar-refractivity contribution in [1.29, 1.82) is 5.26 Å². The fourth-order valence-corrected chi connectivity index (χ4v) is 1.59. The van der Waals surface area contributed by atoms with E-state index < -0.39 is 11.6 Å². The Kier molecular flexibility index (Phi) is 3.24. The van der Waals surface area contributed by atoms with Gasteiger partial charge in [-0.1, -0.05) is 6.07 Å². The van der Waals surface area contributed by atoms with Gasteiger partial charge in [-0.2, -0.15) is 5.26 Å². The first-order valence-corrected chi connectivity index (χ1v) is 5.33. The van der Waals surface area contributed by atoms with Gasteiger partial charge in [-0.3, -0.25) is 0 Å². The van der Waals surface area contributed by atoms with E-state index in [0.717, 1.165) is 17.7 Å². The molecule has 1 N–H and O–H groups in total. The topological polar surface area (TPSA) is 35.8 Å². The summed E-state index contributed by atoms with van der Waals surface area (Å²) in [6.45, 7) is 1.88. The maximum Gasteiger partial charge on any atom is 0.160 e. The Morgan fingerprint density at radius 3 is 2.50 bits per heavy atom. The van der Waals surface area contributed by atoms with Gasteiger partial charge >= 0.3 is 0 Å². The van der Waals surface area contributed by atoms with Crippen LogP contribution < -0.4 is 5.32 Å². The van der Waals surface area contributed by atoms with E-state index in [1.54, 1.807) is 12.1 Å². The first-order valence-electron chi connectivity index (χ1n) is 5.33. The van der Waals surface area contributed by atoms with Crippen molar-refractivity contribution >= 4 is 11.4 Å². The number of nitrogens with zero attached hydrogens (tertiary/aromatic N) is 1. The molecule has 0 aliphatic carbocycles. The number of rotatable bonds is 2. The summed E-state index contributed by atoms with van der Waals surface area (Å²) in [6, 6.07) is 10.9. The van der Waals surface area contributed by atoms with E-state index >= 15 is 0 Å². The average Bonchev–Trinajstić information content (AvgIpc) is 2.36. The number of hydrogen-bond donors (Lipinski definition) is 1. The van der Waals surface area contributed by atoms with Crippen molar-refractivity contribution in [2.75, 3.05) is 5.32 Å². The third-order valence-electron chi connectivity index (χ3n) is 2.49. The lowest BCUT2D eigenvalue weighted by molar-refractivity contribution is 0.509. The zero-order valence-corrected chi connectivity index (χ0v) is 9.67. The molecule has 18 heavy (non-hydrogen) atoms. The van der Waals surface area contributed by atoms with Crippen LogP contribution in [0.1, 0.15) is 11.1 Å². The molecule has 0 fully saturated rings. The summed E-state index contributed by atoms with van der Waals surface area (Å²) in [5, 5.41) is 11.9. The Labute approximate surface area is 103 Å². The van der Waals surface area contributed by atoms with Gasteiger partial charge < -0.3 is 5.32 Å². The van der Waals surface area contributed by atoms with Crippen LogP contribution >= 0.6 is 0 Å². The first kappa shape index (κ1) is 12.1. The van der Waals surface area contributed by atoms with Gasteiger partial charge in [0, 0.05) is 11.8 Å². The van der Waals surface area contributed by atoms with Crippen LogP contribution in [0.2, 0.25) is 0 Å². The van der Waals surface area contributed by atoms with Crippen LogP contribution in [-0.2, 0) is 0 Å². The number of aryl methyl sites for hydroxylation is 1. The molecule has 2 aromatic rings. The Balaban J connectivity index is 2.34. The molecule has 0 atom stereocenters. The van der Waals surface area contributed by atoms with Crippen molar-refractivity contribution in [3.8, 4) is 6.07 Å².